The van der Waals surface area contributed by atoms with Crippen LogP contribution in [0.4, 0.5) is 0 Å². The maximum absolute atomic E-state index is 13.0. The Kier molecular flexibility index (Phi) is 8.40. The SMILES string of the molecule is CC(CCC(=O)NC=O)N1Cc2c(SCc3cccc(CN4CCCCC4)c3)cccc2C1=O. The van der Waals surface area contributed by atoms with E-state index in [4.69, 9.17) is 0 Å². The lowest BCUT2D eigenvalue weighted by Crippen LogP contribution is -2.34. The summed E-state index contributed by atoms with van der Waals surface area (Å²) in [5.41, 5.74) is 4.50. The molecule has 2 aromatic carbocycles. The van der Waals surface area contributed by atoms with Crippen molar-refractivity contribution in [3.63, 3.8) is 0 Å². The Hall–Kier alpha value is -2.64. The summed E-state index contributed by atoms with van der Waals surface area (Å²) >= 11 is 1.78. The van der Waals surface area contributed by atoms with Gasteiger partial charge in [0.15, 0.2) is 0 Å². The summed E-state index contributed by atoms with van der Waals surface area (Å²) in [6, 6.07) is 14.7. The number of fused-ring (bicyclic) bond motifs is 1. The van der Waals surface area contributed by atoms with E-state index in [0.29, 0.717) is 19.4 Å². The fraction of sp³-hybridized carbons (Fsp3) is 0.444. The normalized spacial score (nSPS) is 16.9. The fourth-order valence-corrected chi connectivity index (χ4v) is 5.83. The van der Waals surface area contributed by atoms with Gasteiger partial charge < -0.3 is 4.90 Å². The Bertz CT molecular complexity index is 1040. The smallest absolute Gasteiger partial charge is 0.254 e. The molecule has 2 aliphatic heterocycles. The van der Waals surface area contributed by atoms with Crippen molar-refractivity contribution in [2.24, 2.45) is 0 Å². The molecule has 0 aliphatic carbocycles. The van der Waals surface area contributed by atoms with Crippen LogP contribution in [-0.4, -0.2) is 47.2 Å². The number of amides is 3. The maximum atomic E-state index is 13.0. The van der Waals surface area contributed by atoms with Gasteiger partial charge in [0.1, 0.15) is 0 Å². The molecule has 0 saturated carbocycles. The second kappa shape index (κ2) is 11.7. The van der Waals surface area contributed by atoms with Gasteiger partial charge in [0.25, 0.3) is 5.91 Å². The number of hydrogen-bond donors (Lipinski definition) is 1. The van der Waals surface area contributed by atoms with Crippen LogP contribution in [0.3, 0.4) is 0 Å². The van der Waals surface area contributed by atoms with Gasteiger partial charge in [0.2, 0.25) is 12.3 Å². The summed E-state index contributed by atoms with van der Waals surface area (Å²) in [4.78, 5) is 40.6. The number of thioether (sulfide) groups is 1. The van der Waals surface area contributed by atoms with Gasteiger partial charge >= 0.3 is 0 Å². The zero-order valence-electron chi connectivity index (χ0n) is 19.8. The molecule has 2 aromatic rings. The van der Waals surface area contributed by atoms with Gasteiger partial charge in [0, 0.05) is 41.8 Å². The molecule has 3 amide bonds. The van der Waals surface area contributed by atoms with Crippen molar-refractivity contribution in [3.8, 4) is 0 Å². The Labute approximate surface area is 206 Å². The van der Waals surface area contributed by atoms with E-state index in [2.05, 4.69) is 40.5 Å². The molecule has 1 unspecified atom stereocenters. The van der Waals surface area contributed by atoms with E-state index in [1.165, 1.54) is 43.5 Å². The average molecular weight is 480 g/mol. The number of benzene rings is 2. The second-order valence-electron chi connectivity index (χ2n) is 9.23. The van der Waals surface area contributed by atoms with Gasteiger partial charge in [-0.05, 0) is 68.1 Å². The lowest BCUT2D eigenvalue weighted by Gasteiger charge is -2.26. The van der Waals surface area contributed by atoms with E-state index in [9.17, 15) is 14.4 Å². The number of imide groups is 1. The van der Waals surface area contributed by atoms with Gasteiger partial charge in [-0.1, -0.05) is 36.8 Å². The molecule has 0 aromatic heterocycles. The van der Waals surface area contributed by atoms with E-state index >= 15 is 0 Å². The predicted octanol–water partition coefficient (Wildman–Crippen LogP) is 4.36. The van der Waals surface area contributed by atoms with Crippen molar-refractivity contribution in [1.82, 2.24) is 15.1 Å². The highest BCUT2D eigenvalue weighted by Gasteiger charge is 2.32. The standard InChI is InChI=1S/C27H33N3O3S/c1-20(11-12-26(32)28-19-31)30-17-24-23(27(30)33)9-6-10-25(24)34-18-22-8-5-7-21(15-22)16-29-13-3-2-4-14-29/h5-10,15,19-20H,2-4,11-14,16-18H2,1H3,(H,28,31,32). The number of nitrogens with one attached hydrogen (secondary N) is 1. The second-order valence-corrected chi connectivity index (χ2v) is 10.3. The minimum atomic E-state index is -0.315. The van der Waals surface area contributed by atoms with Crippen LogP contribution in [-0.2, 0) is 28.4 Å². The van der Waals surface area contributed by atoms with Crippen LogP contribution in [0.25, 0.3) is 0 Å². The molecule has 0 bridgehead atoms. The summed E-state index contributed by atoms with van der Waals surface area (Å²) in [6.45, 7) is 5.92. The molecular weight excluding hydrogens is 446 g/mol. The highest BCUT2D eigenvalue weighted by molar-refractivity contribution is 7.98. The first-order chi connectivity index (χ1) is 16.5. The zero-order chi connectivity index (χ0) is 23.9. The largest absolute Gasteiger partial charge is 0.332 e. The first-order valence-corrected chi connectivity index (χ1v) is 13.1. The zero-order valence-corrected chi connectivity index (χ0v) is 20.6. The summed E-state index contributed by atoms with van der Waals surface area (Å²) in [5.74, 6) is 0.564. The van der Waals surface area contributed by atoms with Gasteiger partial charge in [0.05, 0.1) is 0 Å². The monoisotopic (exact) mass is 479 g/mol. The number of hydrogen-bond acceptors (Lipinski definition) is 5. The highest BCUT2D eigenvalue weighted by atomic mass is 32.2. The first kappa shape index (κ1) is 24.5. The van der Waals surface area contributed by atoms with Gasteiger partial charge in [-0.2, -0.15) is 0 Å². The molecule has 7 heteroatoms. The van der Waals surface area contributed by atoms with E-state index in [-0.39, 0.29) is 24.3 Å². The Balaban J connectivity index is 1.37. The molecule has 0 spiro atoms. The van der Waals surface area contributed by atoms with Crippen molar-refractivity contribution in [1.29, 1.82) is 0 Å². The van der Waals surface area contributed by atoms with Gasteiger partial charge in [-0.25, -0.2) is 0 Å². The Morgan fingerprint density at radius 1 is 1.12 bits per heavy atom. The first-order valence-electron chi connectivity index (χ1n) is 12.1. The molecule has 1 N–H and O–H groups in total. The Morgan fingerprint density at radius 3 is 2.68 bits per heavy atom. The van der Waals surface area contributed by atoms with Crippen LogP contribution >= 0.6 is 11.8 Å². The summed E-state index contributed by atoms with van der Waals surface area (Å²) in [7, 11) is 0. The number of likely N-dealkylation sites (tertiary alicyclic amines) is 1. The van der Waals surface area contributed by atoms with Gasteiger partial charge in [-0.15, -0.1) is 11.8 Å². The summed E-state index contributed by atoms with van der Waals surface area (Å²) < 4.78 is 0. The van der Waals surface area contributed by atoms with Crippen LogP contribution in [0.5, 0.6) is 0 Å². The van der Waals surface area contributed by atoms with Crippen LogP contribution in [0.2, 0.25) is 0 Å². The van der Waals surface area contributed by atoms with E-state index in [1.807, 2.05) is 24.0 Å². The number of carbonyl (C=O) groups excluding carboxylic acids is 3. The third-order valence-corrected chi connectivity index (χ3v) is 7.91. The minimum absolute atomic E-state index is 0.0178. The van der Waals surface area contributed by atoms with Crippen molar-refractivity contribution in [2.75, 3.05) is 13.1 Å². The Morgan fingerprint density at radius 2 is 1.88 bits per heavy atom. The van der Waals surface area contributed by atoms with Crippen molar-refractivity contribution >= 4 is 30.0 Å². The summed E-state index contributed by atoms with van der Waals surface area (Å²) in [6.07, 6.45) is 5.09. The van der Waals surface area contributed by atoms with E-state index < -0.39 is 0 Å². The molecule has 0 radical (unpaired) electrons. The molecule has 1 fully saturated rings. The number of nitrogens with zero attached hydrogens (tertiary/aromatic N) is 2. The molecule has 180 valence electrons. The molecule has 2 heterocycles. The lowest BCUT2D eigenvalue weighted by molar-refractivity contribution is -0.125. The van der Waals surface area contributed by atoms with Crippen molar-refractivity contribution in [2.45, 2.75) is 68.8 Å². The van der Waals surface area contributed by atoms with E-state index in [0.717, 1.165) is 28.3 Å². The quantitative estimate of drug-likeness (QED) is 0.405. The third kappa shape index (κ3) is 6.07. The van der Waals surface area contributed by atoms with Gasteiger partial charge in [-0.3, -0.25) is 24.6 Å². The highest BCUT2D eigenvalue weighted by Crippen LogP contribution is 2.35. The molecule has 1 atom stereocenters. The van der Waals surface area contributed by atoms with Crippen molar-refractivity contribution in [3.05, 3.63) is 64.7 Å². The summed E-state index contributed by atoms with van der Waals surface area (Å²) in [5, 5.41) is 2.16. The molecular formula is C27H33N3O3S. The number of rotatable bonds is 10. The van der Waals surface area contributed by atoms with E-state index in [1.54, 1.807) is 11.8 Å². The topological polar surface area (TPSA) is 69.7 Å². The van der Waals surface area contributed by atoms with Crippen LogP contribution in [0.1, 0.15) is 66.1 Å². The fourth-order valence-electron chi connectivity index (χ4n) is 4.81. The van der Waals surface area contributed by atoms with Crippen LogP contribution < -0.4 is 5.32 Å². The minimum Gasteiger partial charge on any atom is -0.332 e. The molecule has 4 rings (SSSR count). The van der Waals surface area contributed by atoms with Crippen molar-refractivity contribution < 1.29 is 14.4 Å². The molecule has 34 heavy (non-hydrogen) atoms. The number of carbonyl (C=O) groups is 3. The van der Waals surface area contributed by atoms with Crippen LogP contribution in [0, 0.1) is 0 Å². The predicted molar refractivity (Wildman–Crippen MR) is 134 cm³/mol. The third-order valence-electron chi connectivity index (χ3n) is 6.73. The average Bonchev–Trinajstić information content (AvgIpc) is 3.19. The molecule has 2 aliphatic rings. The lowest BCUT2D eigenvalue weighted by atomic mass is 10.1. The maximum Gasteiger partial charge on any atom is 0.254 e. The molecule has 6 nitrogen and oxygen atoms in total. The molecule has 1 saturated heterocycles. The number of piperidine rings is 1. The van der Waals surface area contributed by atoms with Crippen LogP contribution in [0.15, 0.2) is 47.4 Å².